The summed E-state index contributed by atoms with van der Waals surface area (Å²) >= 11 is 5.84. The largest absolute Gasteiger partial charge is 0.466 e. The van der Waals surface area contributed by atoms with Crippen molar-refractivity contribution >= 4 is 29.5 Å². The zero-order valence-electron chi connectivity index (χ0n) is 13.2. The van der Waals surface area contributed by atoms with E-state index >= 15 is 0 Å². The molecule has 1 aromatic heterocycles. The Morgan fingerprint density at radius 3 is 3.17 bits per heavy atom. The molecule has 6 nitrogen and oxygen atoms in total. The monoisotopic (exact) mass is 339 g/mol. The Balaban J connectivity index is 2.05. The standard InChI is InChI=1S/C16H22ClN3O3/c1-3-11-10-18-15(17)20-14(11)19-12-6-5-7-16(22,8-12)9-13(21)23-4-2/h3,10,12,22H,1,4-9H2,2H3,(H,18,19,20). The smallest absolute Gasteiger partial charge is 0.308 e. The SMILES string of the molecule is C=Cc1cnc(Cl)nc1NC1CCCC(O)(CC(=O)OCC)C1. The van der Waals surface area contributed by atoms with Crippen molar-refractivity contribution in [1.29, 1.82) is 0 Å². The summed E-state index contributed by atoms with van der Waals surface area (Å²) in [5.41, 5.74) is -0.304. The van der Waals surface area contributed by atoms with Gasteiger partial charge in [0.1, 0.15) is 5.82 Å². The number of hydrogen-bond donors (Lipinski definition) is 2. The van der Waals surface area contributed by atoms with Gasteiger partial charge in [-0.15, -0.1) is 0 Å². The predicted molar refractivity (Wildman–Crippen MR) is 89.2 cm³/mol. The average Bonchev–Trinajstić information content (AvgIpc) is 2.47. The molecule has 1 aliphatic rings. The maximum absolute atomic E-state index is 11.7. The molecule has 0 amide bonds. The molecular formula is C16H22ClN3O3. The van der Waals surface area contributed by atoms with Crippen LogP contribution in [0.1, 0.15) is 44.6 Å². The highest BCUT2D eigenvalue weighted by Crippen LogP contribution is 2.33. The van der Waals surface area contributed by atoms with Crippen molar-refractivity contribution in [2.24, 2.45) is 0 Å². The summed E-state index contributed by atoms with van der Waals surface area (Å²) in [4.78, 5) is 19.8. The van der Waals surface area contributed by atoms with E-state index in [1.807, 2.05) is 0 Å². The molecule has 1 aromatic rings. The molecule has 0 saturated heterocycles. The third-order valence-electron chi connectivity index (χ3n) is 3.95. The van der Waals surface area contributed by atoms with Crippen molar-refractivity contribution < 1.29 is 14.6 Å². The second-order valence-electron chi connectivity index (χ2n) is 5.79. The number of esters is 1. The van der Waals surface area contributed by atoms with Crippen molar-refractivity contribution in [3.63, 3.8) is 0 Å². The van der Waals surface area contributed by atoms with Crippen molar-refractivity contribution in [2.45, 2.75) is 50.7 Å². The summed E-state index contributed by atoms with van der Waals surface area (Å²) < 4.78 is 4.94. The molecular weight excluding hydrogens is 318 g/mol. The van der Waals surface area contributed by atoms with Crippen molar-refractivity contribution in [1.82, 2.24) is 9.97 Å². The maximum atomic E-state index is 11.7. The molecule has 23 heavy (non-hydrogen) atoms. The molecule has 2 unspecified atom stereocenters. The van der Waals surface area contributed by atoms with Crippen LogP contribution in [0, 0.1) is 0 Å². The van der Waals surface area contributed by atoms with Crippen molar-refractivity contribution in [3.8, 4) is 0 Å². The van der Waals surface area contributed by atoms with E-state index in [-0.39, 0.29) is 23.7 Å². The fourth-order valence-electron chi connectivity index (χ4n) is 2.93. The van der Waals surface area contributed by atoms with Crippen LogP contribution in [0.15, 0.2) is 12.8 Å². The highest BCUT2D eigenvalue weighted by Gasteiger charge is 2.37. The number of nitrogens with one attached hydrogen (secondary N) is 1. The lowest BCUT2D eigenvalue weighted by Gasteiger charge is -2.36. The third-order valence-corrected chi connectivity index (χ3v) is 4.13. The molecule has 1 heterocycles. The van der Waals surface area contributed by atoms with E-state index in [9.17, 15) is 9.90 Å². The number of rotatable bonds is 6. The number of halogens is 1. The minimum absolute atomic E-state index is 0.00663. The van der Waals surface area contributed by atoms with E-state index in [1.54, 1.807) is 19.2 Å². The van der Waals surface area contributed by atoms with E-state index in [4.69, 9.17) is 16.3 Å². The molecule has 1 saturated carbocycles. The maximum Gasteiger partial charge on any atom is 0.308 e. The molecule has 0 spiro atoms. The Labute approximate surface area is 140 Å². The third kappa shape index (κ3) is 4.91. The number of nitrogens with zero attached hydrogens (tertiary/aromatic N) is 2. The zero-order valence-corrected chi connectivity index (χ0v) is 14.0. The zero-order chi connectivity index (χ0) is 16.9. The van der Waals surface area contributed by atoms with Crippen LogP contribution < -0.4 is 5.32 Å². The molecule has 0 aliphatic heterocycles. The number of ether oxygens (including phenoxy) is 1. The lowest BCUT2D eigenvalue weighted by atomic mass is 9.79. The van der Waals surface area contributed by atoms with Gasteiger partial charge in [0.25, 0.3) is 0 Å². The Bertz CT molecular complexity index is 582. The van der Waals surface area contributed by atoms with E-state index in [1.165, 1.54) is 0 Å². The molecule has 1 aliphatic carbocycles. The summed E-state index contributed by atoms with van der Waals surface area (Å²) in [7, 11) is 0. The summed E-state index contributed by atoms with van der Waals surface area (Å²) in [6.45, 7) is 5.80. The summed E-state index contributed by atoms with van der Waals surface area (Å²) in [5.74, 6) is 0.220. The van der Waals surface area contributed by atoms with Gasteiger partial charge in [-0.05, 0) is 44.2 Å². The van der Waals surface area contributed by atoms with Gasteiger partial charge in [-0.2, -0.15) is 0 Å². The first-order valence-corrected chi connectivity index (χ1v) is 8.13. The molecule has 2 atom stereocenters. The number of hydrogen-bond acceptors (Lipinski definition) is 6. The molecule has 2 N–H and O–H groups in total. The van der Waals surface area contributed by atoms with Gasteiger partial charge in [0, 0.05) is 17.8 Å². The fraction of sp³-hybridized carbons (Fsp3) is 0.562. The van der Waals surface area contributed by atoms with Crippen LogP contribution >= 0.6 is 11.6 Å². The van der Waals surface area contributed by atoms with Crippen LogP contribution in [0.25, 0.3) is 6.08 Å². The van der Waals surface area contributed by atoms with E-state index in [0.29, 0.717) is 25.3 Å². The predicted octanol–water partition coefficient (Wildman–Crippen LogP) is 2.81. The van der Waals surface area contributed by atoms with E-state index < -0.39 is 5.60 Å². The number of aliphatic hydroxyl groups is 1. The van der Waals surface area contributed by atoms with Crippen LogP contribution in [0.2, 0.25) is 5.28 Å². The summed E-state index contributed by atoms with van der Waals surface area (Å²) in [6.07, 6.45) is 5.98. The minimum atomic E-state index is -1.05. The van der Waals surface area contributed by atoms with Crippen LogP contribution in [-0.2, 0) is 9.53 Å². The Kier molecular flexibility index (Phi) is 5.96. The first-order chi connectivity index (χ1) is 11.0. The molecule has 0 aromatic carbocycles. The number of carbonyl (C=O) groups excluding carboxylic acids is 1. The molecule has 126 valence electrons. The van der Waals surface area contributed by atoms with Gasteiger partial charge in [0.05, 0.1) is 18.6 Å². The van der Waals surface area contributed by atoms with Crippen molar-refractivity contribution in [3.05, 3.63) is 23.6 Å². The Morgan fingerprint density at radius 1 is 1.70 bits per heavy atom. The quantitative estimate of drug-likeness (QED) is 0.612. The van der Waals surface area contributed by atoms with Gasteiger partial charge in [-0.25, -0.2) is 9.97 Å². The first-order valence-electron chi connectivity index (χ1n) is 7.75. The number of aromatic nitrogens is 2. The van der Waals surface area contributed by atoms with Gasteiger partial charge in [0.2, 0.25) is 5.28 Å². The Hall–Kier alpha value is -1.66. The molecule has 7 heteroatoms. The first kappa shape index (κ1) is 17.7. The number of anilines is 1. The lowest BCUT2D eigenvalue weighted by Crippen LogP contribution is -2.42. The summed E-state index contributed by atoms with van der Waals surface area (Å²) in [6, 6.07) is -0.00663. The van der Waals surface area contributed by atoms with E-state index in [2.05, 4.69) is 21.9 Å². The van der Waals surface area contributed by atoms with Gasteiger partial charge in [0.15, 0.2) is 0 Å². The fourth-order valence-corrected chi connectivity index (χ4v) is 3.07. The second-order valence-corrected chi connectivity index (χ2v) is 6.13. The van der Waals surface area contributed by atoms with Crippen LogP contribution in [0.3, 0.4) is 0 Å². The van der Waals surface area contributed by atoms with Gasteiger partial charge in [-0.1, -0.05) is 12.7 Å². The van der Waals surface area contributed by atoms with Crippen LogP contribution in [-0.4, -0.2) is 39.3 Å². The molecule has 0 bridgehead atoms. The normalized spacial score (nSPS) is 24.0. The van der Waals surface area contributed by atoms with Gasteiger partial charge >= 0.3 is 5.97 Å². The van der Waals surface area contributed by atoms with Crippen LogP contribution in [0.4, 0.5) is 5.82 Å². The highest BCUT2D eigenvalue weighted by molar-refractivity contribution is 6.28. The van der Waals surface area contributed by atoms with Gasteiger partial charge in [-0.3, -0.25) is 4.79 Å². The average molecular weight is 340 g/mol. The topological polar surface area (TPSA) is 84.3 Å². The van der Waals surface area contributed by atoms with Gasteiger partial charge < -0.3 is 15.2 Å². The second kappa shape index (κ2) is 7.75. The Morgan fingerprint density at radius 2 is 2.48 bits per heavy atom. The molecule has 1 fully saturated rings. The van der Waals surface area contributed by atoms with E-state index in [0.717, 1.165) is 18.4 Å². The lowest BCUT2D eigenvalue weighted by molar-refractivity contribution is -0.150. The van der Waals surface area contributed by atoms with Crippen LogP contribution in [0.5, 0.6) is 0 Å². The minimum Gasteiger partial charge on any atom is -0.466 e. The van der Waals surface area contributed by atoms with Crippen molar-refractivity contribution in [2.75, 3.05) is 11.9 Å². The molecule has 2 rings (SSSR count). The number of carbonyl (C=O) groups is 1. The highest BCUT2D eigenvalue weighted by atomic mass is 35.5. The summed E-state index contributed by atoms with van der Waals surface area (Å²) in [5, 5.41) is 14.1. The molecule has 0 radical (unpaired) electrons.